The maximum atomic E-state index is 11.8. The molecule has 0 atom stereocenters. The molecule has 0 aliphatic heterocycles. The molecule has 0 aliphatic carbocycles. The lowest BCUT2D eigenvalue weighted by atomic mass is 10.1. The number of carboxylic acids is 1. The Morgan fingerprint density at radius 3 is 2.50 bits per heavy atom. The highest BCUT2D eigenvalue weighted by Crippen LogP contribution is 2.19. The van der Waals surface area contributed by atoms with Gasteiger partial charge in [-0.2, -0.15) is 0 Å². The molecule has 0 fully saturated rings. The number of nitrogens with zero attached hydrogens (tertiary/aromatic N) is 2. The van der Waals surface area contributed by atoms with Crippen molar-refractivity contribution in [2.45, 2.75) is 13.5 Å². The summed E-state index contributed by atoms with van der Waals surface area (Å²) in [5, 5.41) is 9.01. The van der Waals surface area contributed by atoms with E-state index in [2.05, 4.69) is 4.98 Å². The van der Waals surface area contributed by atoms with E-state index in [1.807, 2.05) is 12.1 Å². The average molecular weight is 270 g/mol. The molecule has 0 saturated heterocycles. The first-order valence-electron chi connectivity index (χ1n) is 6.08. The zero-order valence-electron chi connectivity index (χ0n) is 11.0. The van der Waals surface area contributed by atoms with E-state index < -0.39 is 5.97 Å². The third kappa shape index (κ3) is 3.20. The smallest absolute Gasteiger partial charge is 0.335 e. The number of carbonyl (C=O) groups excluding carboxylic acids is 1. The Balaban J connectivity index is 2.31. The van der Waals surface area contributed by atoms with Gasteiger partial charge in [-0.1, -0.05) is 6.07 Å². The predicted molar refractivity (Wildman–Crippen MR) is 74.5 cm³/mol. The van der Waals surface area contributed by atoms with E-state index in [9.17, 15) is 9.59 Å². The molecule has 1 amide bonds. The van der Waals surface area contributed by atoms with Crippen LogP contribution in [0.4, 0.5) is 5.69 Å². The van der Waals surface area contributed by atoms with Crippen molar-refractivity contribution in [2.24, 2.45) is 0 Å². The summed E-state index contributed by atoms with van der Waals surface area (Å²) in [7, 11) is 0. The standard InChI is InChI=1S/C15H14N2O3/c1-11(18)17(10-12-5-7-16-8-6-12)14-4-2-3-13(9-14)15(19)20/h2-9H,10H2,1H3,(H,19,20). The number of amides is 1. The number of aromatic carboxylic acids is 1. The molecule has 0 unspecified atom stereocenters. The number of carboxylic acid groups (broad SMARTS) is 1. The fraction of sp³-hybridized carbons (Fsp3) is 0.133. The average Bonchev–Trinajstić information content (AvgIpc) is 2.45. The van der Waals surface area contributed by atoms with Gasteiger partial charge < -0.3 is 10.0 Å². The van der Waals surface area contributed by atoms with Crippen LogP contribution in [-0.2, 0) is 11.3 Å². The Morgan fingerprint density at radius 1 is 1.20 bits per heavy atom. The van der Waals surface area contributed by atoms with Gasteiger partial charge in [-0.25, -0.2) is 4.79 Å². The fourth-order valence-electron chi connectivity index (χ4n) is 1.86. The lowest BCUT2D eigenvalue weighted by Gasteiger charge is -2.21. The van der Waals surface area contributed by atoms with E-state index >= 15 is 0 Å². The molecule has 2 rings (SSSR count). The normalized spacial score (nSPS) is 10.1. The minimum atomic E-state index is -1.01. The highest BCUT2D eigenvalue weighted by atomic mass is 16.4. The predicted octanol–water partition coefficient (Wildman–Crippen LogP) is 2.33. The minimum absolute atomic E-state index is 0.149. The van der Waals surface area contributed by atoms with Gasteiger partial charge in [0.1, 0.15) is 0 Å². The maximum absolute atomic E-state index is 11.8. The second-order valence-corrected chi connectivity index (χ2v) is 4.32. The van der Waals surface area contributed by atoms with Crippen molar-refractivity contribution >= 4 is 17.6 Å². The summed E-state index contributed by atoms with van der Waals surface area (Å²) in [6, 6.07) is 9.96. The maximum Gasteiger partial charge on any atom is 0.335 e. The van der Waals surface area contributed by atoms with Gasteiger partial charge in [-0.05, 0) is 35.9 Å². The summed E-state index contributed by atoms with van der Waals surface area (Å²) in [5.74, 6) is -1.16. The molecule has 0 bridgehead atoms. The number of carbonyl (C=O) groups is 2. The van der Waals surface area contributed by atoms with Crippen molar-refractivity contribution in [1.29, 1.82) is 0 Å². The van der Waals surface area contributed by atoms with Crippen molar-refractivity contribution in [2.75, 3.05) is 4.90 Å². The van der Waals surface area contributed by atoms with E-state index in [1.54, 1.807) is 24.5 Å². The van der Waals surface area contributed by atoms with Gasteiger partial charge in [0.05, 0.1) is 12.1 Å². The van der Waals surface area contributed by atoms with Crippen LogP contribution in [0.25, 0.3) is 0 Å². The molecular weight excluding hydrogens is 256 g/mol. The van der Waals surface area contributed by atoms with Crippen LogP contribution in [0.5, 0.6) is 0 Å². The van der Waals surface area contributed by atoms with Gasteiger partial charge in [0.2, 0.25) is 5.91 Å². The number of aromatic nitrogens is 1. The van der Waals surface area contributed by atoms with Crippen molar-refractivity contribution in [1.82, 2.24) is 4.98 Å². The Kier molecular flexibility index (Phi) is 4.10. The third-order valence-electron chi connectivity index (χ3n) is 2.87. The van der Waals surface area contributed by atoms with Gasteiger partial charge >= 0.3 is 5.97 Å². The number of anilines is 1. The second kappa shape index (κ2) is 5.97. The van der Waals surface area contributed by atoms with Crippen LogP contribution in [0, 0.1) is 0 Å². The van der Waals surface area contributed by atoms with Crippen LogP contribution in [0.3, 0.4) is 0 Å². The number of hydrogen-bond donors (Lipinski definition) is 1. The monoisotopic (exact) mass is 270 g/mol. The van der Waals surface area contributed by atoms with Crippen LogP contribution in [0.1, 0.15) is 22.8 Å². The summed E-state index contributed by atoms with van der Waals surface area (Å²) in [5.41, 5.74) is 1.65. The SMILES string of the molecule is CC(=O)N(Cc1ccncc1)c1cccc(C(=O)O)c1. The van der Waals surface area contributed by atoms with Crippen LogP contribution >= 0.6 is 0 Å². The molecule has 0 aliphatic rings. The Morgan fingerprint density at radius 2 is 1.90 bits per heavy atom. The zero-order valence-corrected chi connectivity index (χ0v) is 11.0. The first kappa shape index (κ1) is 13.7. The van der Waals surface area contributed by atoms with E-state index in [0.29, 0.717) is 12.2 Å². The highest BCUT2D eigenvalue weighted by Gasteiger charge is 2.14. The number of rotatable bonds is 4. The topological polar surface area (TPSA) is 70.5 Å². The van der Waals surface area contributed by atoms with Crippen LogP contribution in [-0.4, -0.2) is 22.0 Å². The molecule has 2 aromatic rings. The van der Waals surface area contributed by atoms with Gasteiger partial charge in [0, 0.05) is 25.0 Å². The minimum Gasteiger partial charge on any atom is -0.478 e. The molecule has 0 saturated carbocycles. The molecule has 0 spiro atoms. The first-order chi connectivity index (χ1) is 9.58. The number of hydrogen-bond acceptors (Lipinski definition) is 3. The summed E-state index contributed by atoms with van der Waals surface area (Å²) < 4.78 is 0. The fourth-order valence-corrected chi connectivity index (χ4v) is 1.86. The molecule has 5 nitrogen and oxygen atoms in total. The molecule has 1 N–H and O–H groups in total. The van der Waals surface area contributed by atoms with Crippen molar-refractivity contribution < 1.29 is 14.7 Å². The van der Waals surface area contributed by atoms with E-state index in [0.717, 1.165) is 5.56 Å². The lowest BCUT2D eigenvalue weighted by Crippen LogP contribution is -2.28. The zero-order chi connectivity index (χ0) is 14.5. The van der Waals surface area contributed by atoms with Gasteiger partial charge in [0.15, 0.2) is 0 Å². The number of benzene rings is 1. The van der Waals surface area contributed by atoms with E-state index in [-0.39, 0.29) is 11.5 Å². The highest BCUT2D eigenvalue weighted by molar-refractivity contribution is 5.94. The number of pyridine rings is 1. The Labute approximate surface area is 116 Å². The Hall–Kier alpha value is -2.69. The lowest BCUT2D eigenvalue weighted by molar-refractivity contribution is -0.116. The molecule has 5 heteroatoms. The molecule has 1 aromatic heterocycles. The molecular formula is C15H14N2O3. The van der Waals surface area contributed by atoms with Crippen LogP contribution < -0.4 is 4.90 Å². The van der Waals surface area contributed by atoms with Crippen molar-refractivity contribution in [3.8, 4) is 0 Å². The van der Waals surface area contributed by atoms with Crippen LogP contribution in [0.2, 0.25) is 0 Å². The second-order valence-electron chi connectivity index (χ2n) is 4.32. The Bertz CT molecular complexity index is 626. The van der Waals surface area contributed by atoms with Gasteiger partial charge in [0.25, 0.3) is 0 Å². The van der Waals surface area contributed by atoms with Crippen molar-refractivity contribution in [3.63, 3.8) is 0 Å². The van der Waals surface area contributed by atoms with Crippen LogP contribution in [0.15, 0.2) is 48.8 Å². The van der Waals surface area contributed by atoms with Crippen molar-refractivity contribution in [3.05, 3.63) is 59.9 Å². The molecule has 0 radical (unpaired) electrons. The quantitative estimate of drug-likeness (QED) is 0.925. The summed E-state index contributed by atoms with van der Waals surface area (Å²) >= 11 is 0. The molecule has 102 valence electrons. The van der Waals surface area contributed by atoms with E-state index in [1.165, 1.54) is 24.0 Å². The molecule has 20 heavy (non-hydrogen) atoms. The molecule has 1 heterocycles. The van der Waals surface area contributed by atoms with E-state index in [4.69, 9.17) is 5.11 Å². The summed E-state index contributed by atoms with van der Waals surface area (Å²) in [4.78, 5) is 28.2. The molecule has 1 aromatic carbocycles. The van der Waals surface area contributed by atoms with Gasteiger partial charge in [-0.15, -0.1) is 0 Å². The first-order valence-corrected chi connectivity index (χ1v) is 6.08. The summed E-state index contributed by atoms with van der Waals surface area (Å²) in [6.07, 6.45) is 3.31. The third-order valence-corrected chi connectivity index (χ3v) is 2.87. The largest absolute Gasteiger partial charge is 0.478 e. The van der Waals surface area contributed by atoms with Gasteiger partial charge in [-0.3, -0.25) is 9.78 Å². The summed E-state index contributed by atoms with van der Waals surface area (Å²) in [6.45, 7) is 1.83.